The molecule has 1 N–H and O–H groups in total. The number of amides is 1. The quantitative estimate of drug-likeness (QED) is 0.344. The van der Waals surface area contributed by atoms with Crippen molar-refractivity contribution in [2.24, 2.45) is 0 Å². The third-order valence-electron chi connectivity index (χ3n) is 6.10. The van der Waals surface area contributed by atoms with Crippen LogP contribution in [0, 0.1) is 0 Å². The Labute approximate surface area is 210 Å². The molecule has 0 aliphatic rings. The van der Waals surface area contributed by atoms with Crippen LogP contribution in [0.3, 0.4) is 0 Å². The van der Waals surface area contributed by atoms with E-state index in [0.29, 0.717) is 28.6 Å². The average Bonchev–Trinajstić information content (AvgIpc) is 3.31. The highest BCUT2D eigenvalue weighted by atomic mass is 16.5. The number of anilines is 1. The molecule has 186 valence electrons. The summed E-state index contributed by atoms with van der Waals surface area (Å²) in [5.74, 6) is -0.968. The molecule has 2 aromatic heterocycles. The molecule has 5 rings (SSSR count). The van der Waals surface area contributed by atoms with Crippen molar-refractivity contribution in [2.45, 2.75) is 19.5 Å². The number of aryl methyl sites for hydroxylation is 1. The Morgan fingerprint density at radius 2 is 1.59 bits per heavy atom. The lowest BCUT2D eigenvalue weighted by molar-refractivity contribution is -0.116. The van der Waals surface area contributed by atoms with E-state index in [-0.39, 0.29) is 24.2 Å². The van der Waals surface area contributed by atoms with Crippen molar-refractivity contribution < 1.29 is 18.7 Å². The van der Waals surface area contributed by atoms with E-state index in [0.717, 1.165) is 10.1 Å². The summed E-state index contributed by atoms with van der Waals surface area (Å²) in [7, 11) is 1.29. The molecule has 5 aromatic rings. The Morgan fingerprint density at radius 1 is 0.892 bits per heavy atom. The standard InChI is InChI=1S/C28H23N3O6/c1-36-27(34)19-11-13-20(14-12-19)29-23(32)17-31-24-21-9-5-6-10-22(21)37-25(24)26(33)30(28(31)35)16-15-18-7-3-2-4-8-18/h2-14H,15-17H2,1H3,(H,29,32). The van der Waals surface area contributed by atoms with Gasteiger partial charge in [-0.05, 0) is 48.4 Å². The smallest absolute Gasteiger partial charge is 0.337 e. The van der Waals surface area contributed by atoms with Gasteiger partial charge in [0, 0.05) is 17.6 Å². The molecule has 0 saturated carbocycles. The maximum Gasteiger partial charge on any atom is 0.337 e. The molecule has 9 nitrogen and oxygen atoms in total. The Hall–Kier alpha value is -4.92. The zero-order valence-corrected chi connectivity index (χ0v) is 20.0. The van der Waals surface area contributed by atoms with Crippen LogP contribution in [-0.4, -0.2) is 28.1 Å². The van der Waals surface area contributed by atoms with Gasteiger partial charge in [-0.3, -0.25) is 18.7 Å². The highest BCUT2D eigenvalue weighted by molar-refractivity contribution is 6.03. The number of para-hydroxylation sites is 1. The van der Waals surface area contributed by atoms with Gasteiger partial charge in [-0.15, -0.1) is 0 Å². The topological polar surface area (TPSA) is 113 Å². The summed E-state index contributed by atoms with van der Waals surface area (Å²) in [6.45, 7) is -0.214. The van der Waals surface area contributed by atoms with Gasteiger partial charge in [0.05, 0.1) is 12.7 Å². The Bertz CT molecular complexity index is 1730. The maximum atomic E-state index is 13.6. The maximum absolute atomic E-state index is 13.6. The van der Waals surface area contributed by atoms with Gasteiger partial charge in [-0.1, -0.05) is 42.5 Å². The number of benzene rings is 3. The zero-order chi connectivity index (χ0) is 25.9. The van der Waals surface area contributed by atoms with Crippen LogP contribution in [0.15, 0.2) is 92.9 Å². The van der Waals surface area contributed by atoms with Crippen LogP contribution in [-0.2, 0) is 29.0 Å². The molecule has 9 heteroatoms. The number of nitrogens with zero attached hydrogens (tertiary/aromatic N) is 2. The predicted molar refractivity (Wildman–Crippen MR) is 139 cm³/mol. The van der Waals surface area contributed by atoms with Crippen molar-refractivity contribution in [1.29, 1.82) is 0 Å². The highest BCUT2D eigenvalue weighted by Crippen LogP contribution is 2.25. The van der Waals surface area contributed by atoms with Gasteiger partial charge in [-0.25, -0.2) is 9.59 Å². The SMILES string of the molecule is COC(=O)c1ccc(NC(=O)Cn2c(=O)n(CCc3ccccc3)c(=O)c3oc4ccccc4c32)cc1. The number of furan rings is 1. The number of esters is 1. The fourth-order valence-corrected chi connectivity index (χ4v) is 4.28. The van der Waals surface area contributed by atoms with Crippen molar-refractivity contribution in [2.75, 3.05) is 12.4 Å². The highest BCUT2D eigenvalue weighted by Gasteiger charge is 2.21. The molecular formula is C28H23N3O6. The number of nitrogens with one attached hydrogen (secondary N) is 1. The van der Waals surface area contributed by atoms with E-state index in [9.17, 15) is 19.2 Å². The van der Waals surface area contributed by atoms with E-state index in [1.54, 1.807) is 36.4 Å². The van der Waals surface area contributed by atoms with Gasteiger partial charge < -0.3 is 14.5 Å². The molecule has 0 spiro atoms. The molecule has 0 aliphatic heterocycles. The minimum absolute atomic E-state index is 0.0177. The number of carbonyl (C=O) groups excluding carboxylic acids is 2. The van der Waals surface area contributed by atoms with Gasteiger partial charge in [0.15, 0.2) is 0 Å². The monoisotopic (exact) mass is 497 g/mol. The second-order valence-electron chi connectivity index (χ2n) is 8.45. The van der Waals surface area contributed by atoms with Gasteiger partial charge in [0.25, 0.3) is 5.56 Å². The average molecular weight is 498 g/mol. The van der Waals surface area contributed by atoms with E-state index >= 15 is 0 Å². The molecule has 2 heterocycles. The predicted octanol–water partition coefficient (Wildman–Crippen LogP) is 3.58. The lowest BCUT2D eigenvalue weighted by Crippen LogP contribution is -2.41. The fraction of sp³-hybridized carbons (Fsp3) is 0.143. The van der Waals surface area contributed by atoms with Crippen molar-refractivity contribution in [3.05, 3.63) is 111 Å². The number of hydrogen-bond donors (Lipinski definition) is 1. The number of rotatable bonds is 7. The van der Waals surface area contributed by atoms with Crippen LogP contribution in [0.25, 0.3) is 22.1 Å². The van der Waals surface area contributed by atoms with E-state index in [1.807, 2.05) is 30.3 Å². The fourth-order valence-electron chi connectivity index (χ4n) is 4.28. The Morgan fingerprint density at radius 3 is 2.32 bits per heavy atom. The Kier molecular flexibility index (Phi) is 6.42. The van der Waals surface area contributed by atoms with Gasteiger partial charge in [0.1, 0.15) is 17.6 Å². The van der Waals surface area contributed by atoms with Crippen LogP contribution < -0.4 is 16.6 Å². The molecular weight excluding hydrogens is 474 g/mol. The van der Waals surface area contributed by atoms with Gasteiger partial charge in [0.2, 0.25) is 11.5 Å². The van der Waals surface area contributed by atoms with Crippen LogP contribution in [0.4, 0.5) is 5.69 Å². The second-order valence-corrected chi connectivity index (χ2v) is 8.45. The molecule has 0 aliphatic carbocycles. The lowest BCUT2D eigenvalue weighted by Gasteiger charge is -2.12. The van der Waals surface area contributed by atoms with E-state index in [2.05, 4.69) is 10.1 Å². The third kappa shape index (κ3) is 4.66. The zero-order valence-electron chi connectivity index (χ0n) is 20.0. The second kappa shape index (κ2) is 9.98. The lowest BCUT2D eigenvalue weighted by atomic mass is 10.1. The molecule has 0 unspecified atom stereocenters. The van der Waals surface area contributed by atoms with E-state index in [4.69, 9.17) is 4.42 Å². The van der Waals surface area contributed by atoms with Crippen molar-refractivity contribution in [1.82, 2.24) is 9.13 Å². The largest absolute Gasteiger partial charge is 0.465 e. The van der Waals surface area contributed by atoms with Crippen LogP contribution in [0.5, 0.6) is 0 Å². The third-order valence-corrected chi connectivity index (χ3v) is 6.10. The molecule has 0 atom stereocenters. The van der Waals surface area contributed by atoms with Crippen molar-refractivity contribution in [3.63, 3.8) is 0 Å². The molecule has 3 aromatic carbocycles. The molecule has 0 radical (unpaired) electrons. The summed E-state index contributed by atoms with van der Waals surface area (Å²) >= 11 is 0. The minimum atomic E-state index is -0.601. The minimum Gasteiger partial charge on any atom is -0.465 e. The first kappa shape index (κ1) is 23.8. The van der Waals surface area contributed by atoms with E-state index in [1.165, 1.54) is 23.8 Å². The summed E-state index contributed by atoms with van der Waals surface area (Å²) in [5.41, 5.74) is 1.35. The molecule has 0 saturated heterocycles. The number of carbonyl (C=O) groups is 2. The van der Waals surface area contributed by atoms with Crippen molar-refractivity contribution in [3.8, 4) is 0 Å². The molecule has 0 fully saturated rings. The number of ether oxygens (including phenoxy) is 1. The summed E-state index contributed by atoms with van der Waals surface area (Å²) < 4.78 is 12.9. The van der Waals surface area contributed by atoms with Gasteiger partial charge >= 0.3 is 11.7 Å². The number of aromatic nitrogens is 2. The molecule has 0 bridgehead atoms. The summed E-state index contributed by atoms with van der Waals surface area (Å²) in [6, 6.07) is 22.7. The van der Waals surface area contributed by atoms with Crippen molar-refractivity contribution >= 4 is 39.6 Å². The molecule has 37 heavy (non-hydrogen) atoms. The summed E-state index contributed by atoms with van der Waals surface area (Å²) in [5, 5.41) is 3.30. The van der Waals surface area contributed by atoms with Crippen LogP contribution >= 0.6 is 0 Å². The summed E-state index contributed by atoms with van der Waals surface area (Å²) in [4.78, 5) is 51.5. The number of methoxy groups -OCH3 is 1. The summed E-state index contributed by atoms with van der Waals surface area (Å²) in [6.07, 6.45) is 0.459. The molecule has 1 amide bonds. The normalized spacial score (nSPS) is 11.1. The van der Waals surface area contributed by atoms with Crippen LogP contribution in [0.1, 0.15) is 15.9 Å². The van der Waals surface area contributed by atoms with E-state index < -0.39 is 23.1 Å². The number of hydrogen-bond acceptors (Lipinski definition) is 6. The van der Waals surface area contributed by atoms with Gasteiger partial charge in [-0.2, -0.15) is 0 Å². The number of fused-ring (bicyclic) bond motifs is 3. The first-order valence-electron chi connectivity index (χ1n) is 11.6. The van der Waals surface area contributed by atoms with Crippen LogP contribution in [0.2, 0.25) is 0 Å². The first-order valence-corrected chi connectivity index (χ1v) is 11.6. The first-order chi connectivity index (χ1) is 18.0. The Balaban J connectivity index is 1.52.